The number of rotatable bonds is 3. The van der Waals surface area contributed by atoms with E-state index in [1.165, 1.54) is 0 Å². The minimum atomic E-state index is 0.397. The van der Waals surface area contributed by atoms with Gasteiger partial charge in [-0.1, -0.05) is 0 Å². The minimum absolute atomic E-state index is 0.397. The van der Waals surface area contributed by atoms with Gasteiger partial charge in [0.25, 0.3) is 0 Å². The molecular formula is C11H10BrIN4O. The fraction of sp³-hybridized carbons (Fsp3) is 0.182. The van der Waals surface area contributed by atoms with Crippen LogP contribution in [0.3, 0.4) is 0 Å². The highest BCUT2D eigenvalue weighted by Crippen LogP contribution is 2.22. The van der Waals surface area contributed by atoms with Crippen molar-refractivity contribution in [3.05, 3.63) is 32.1 Å². The normalized spacial score (nSPS) is 10.6. The lowest BCUT2D eigenvalue weighted by atomic mass is 10.3. The van der Waals surface area contributed by atoms with Crippen LogP contribution < -0.4 is 5.73 Å². The maximum atomic E-state index is 5.87. The second-order valence-electron chi connectivity index (χ2n) is 3.49. The van der Waals surface area contributed by atoms with Crippen molar-refractivity contribution in [2.75, 3.05) is 12.8 Å². The van der Waals surface area contributed by atoms with Crippen LogP contribution in [0.2, 0.25) is 0 Å². The summed E-state index contributed by atoms with van der Waals surface area (Å²) in [7, 11) is 1.62. The predicted octanol–water partition coefficient (Wildman–Crippen LogP) is 2.63. The summed E-state index contributed by atoms with van der Waals surface area (Å²) in [4.78, 5) is 12.9. The summed E-state index contributed by atoms with van der Waals surface area (Å²) in [5, 5.41) is 0. The molecule has 0 aliphatic heterocycles. The van der Waals surface area contributed by atoms with Crippen LogP contribution in [0.4, 0.5) is 5.82 Å². The van der Waals surface area contributed by atoms with Crippen LogP contribution in [0.25, 0.3) is 11.5 Å². The molecule has 2 N–H and O–H groups in total. The first-order valence-electron chi connectivity index (χ1n) is 5.04. The molecule has 2 aromatic heterocycles. The van der Waals surface area contributed by atoms with E-state index in [0.29, 0.717) is 23.9 Å². The van der Waals surface area contributed by atoms with E-state index in [1.807, 2.05) is 12.1 Å². The third kappa shape index (κ3) is 2.96. The number of anilines is 1. The molecule has 7 heteroatoms. The molecule has 0 spiro atoms. The van der Waals surface area contributed by atoms with Gasteiger partial charge < -0.3 is 10.5 Å². The minimum Gasteiger partial charge on any atom is -0.383 e. The topological polar surface area (TPSA) is 73.9 Å². The van der Waals surface area contributed by atoms with Gasteiger partial charge in [-0.3, -0.25) is 4.98 Å². The second-order valence-corrected chi connectivity index (χ2v) is 5.48. The van der Waals surface area contributed by atoms with Gasteiger partial charge in [0.2, 0.25) is 0 Å². The molecular weight excluding hydrogens is 411 g/mol. The van der Waals surface area contributed by atoms with Crippen LogP contribution in [-0.4, -0.2) is 22.1 Å². The van der Waals surface area contributed by atoms with Gasteiger partial charge in [0.1, 0.15) is 11.5 Å². The van der Waals surface area contributed by atoms with Gasteiger partial charge in [-0.2, -0.15) is 0 Å². The highest BCUT2D eigenvalue weighted by Gasteiger charge is 2.12. The number of hydrogen-bond acceptors (Lipinski definition) is 5. The Morgan fingerprint density at radius 2 is 2.17 bits per heavy atom. The number of nitrogen functional groups attached to an aromatic ring is 1. The standard InChI is InChI=1S/C11H10BrIN4O/c1-18-5-8-9(13)10(14)17-11(16-8)7-3-2-6(12)4-15-7/h2-4H,5H2,1H3,(H2,14,16,17). The third-order valence-corrected chi connectivity index (χ3v) is 3.83. The number of methoxy groups -OCH3 is 1. The number of nitrogens with zero attached hydrogens (tertiary/aromatic N) is 3. The first kappa shape index (κ1) is 13.6. The molecule has 18 heavy (non-hydrogen) atoms. The second kappa shape index (κ2) is 5.89. The molecule has 0 unspecified atom stereocenters. The van der Waals surface area contributed by atoms with E-state index < -0.39 is 0 Å². The maximum absolute atomic E-state index is 5.87. The number of ether oxygens (including phenoxy) is 1. The number of hydrogen-bond donors (Lipinski definition) is 1. The fourth-order valence-electron chi connectivity index (χ4n) is 1.37. The van der Waals surface area contributed by atoms with Crippen LogP contribution in [0.1, 0.15) is 5.69 Å². The lowest BCUT2D eigenvalue weighted by molar-refractivity contribution is 0.181. The van der Waals surface area contributed by atoms with Crippen LogP contribution in [0.15, 0.2) is 22.8 Å². The van der Waals surface area contributed by atoms with Gasteiger partial charge in [0.15, 0.2) is 5.82 Å². The van der Waals surface area contributed by atoms with Crippen LogP contribution in [0, 0.1) is 3.57 Å². The van der Waals surface area contributed by atoms with Crippen molar-refractivity contribution >= 4 is 44.3 Å². The molecule has 0 radical (unpaired) electrons. The summed E-state index contributed by atoms with van der Waals surface area (Å²) in [6.45, 7) is 0.397. The molecule has 0 bridgehead atoms. The Morgan fingerprint density at radius 1 is 1.39 bits per heavy atom. The van der Waals surface area contributed by atoms with E-state index >= 15 is 0 Å². The number of aromatic nitrogens is 3. The largest absolute Gasteiger partial charge is 0.383 e. The molecule has 94 valence electrons. The van der Waals surface area contributed by atoms with Gasteiger partial charge in [0.05, 0.1) is 15.9 Å². The summed E-state index contributed by atoms with van der Waals surface area (Å²) >= 11 is 5.45. The van der Waals surface area contributed by atoms with E-state index in [-0.39, 0.29) is 0 Å². The molecule has 2 rings (SSSR count). The Morgan fingerprint density at radius 3 is 2.78 bits per heavy atom. The average molecular weight is 421 g/mol. The molecule has 0 saturated carbocycles. The smallest absolute Gasteiger partial charge is 0.180 e. The van der Waals surface area contributed by atoms with Crippen molar-refractivity contribution in [2.24, 2.45) is 0 Å². The molecule has 0 amide bonds. The summed E-state index contributed by atoms with van der Waals surface area (Å²) < 4.78 is 6.81. The van der Waals surface area contributed by atoms with Gasteiger partial charge in [-0.15, -0.1) is 0 Å². The molecule has 0 aromatic carbocycles. The Kier molecular flexibility index (Phi) is 4.46. The number of pyridine rings is 1. The Bertz CT molecular complexity index is 562. The van der Waals surface area contributed by atoms with Crippen molar-refractivity contribution in [3.63, 3.8) is 0 Å². The zero-order valence-corrected chi connectivity index (χ0v) is 13.3. The van der Waals surface area contributed by atoms with Crippen LogP contribution in [0.5, 0.6) is 0 Å². The van der Waals surface area contributed by atoms with Crippen LogP contribution >= 0.6 is 38.5 Å². The van der Waals surface area contributed by atoms with Crippen molar-refractivity contribution in [1.82, 2.24) is 15.0 Å². The Hall–Kier alpha value is -0.800. The summed E-state index contributed by atoms with van der Waals surface area (Å²) in [6, 6.07) is 3.72. The lowest BCUT2D eigenvalue weighted by Gasteiger charge is -2.08. The van der Waals surface area contributed by atoms with Gasteiger partial charge >= 0.3 is 0 Å². The molecule has 2 heterocycles. The van der Waals surface area contributed by atoms with Crippen molar-refractivity contribution < 1.29 is 4.74 Å². The molecule has 0 aliphatic rings. The van der Waals surface area contributed by atoms with Gasteiger partial charge in [0, 0.05) is 17.8 Å². The highest BCUT2D eigenvalue weighted by molar-refractivity contribution is 14.1. The number of nitrogens with two attached hydrogens (primary N) is 1. The van der Waals surface area contributed by atoms with Crippen molar-refractivity contribution in [3.8, 4) is 11.5 Å². The zero-order chi connectivity index (χ0) is 13.1. The van der Waals surface area contributed by atoms with E-state index in [0.717, 1.165) is 13.7 Å². The maximum Gasteiger partial charge on any atom is 0.180 e. The molecule has 0 atom stereocenters. The summed E-state index contributed by atoms with van der Waals surface area (Å²) in [6.07, 6.45) is 1.70. The van der Waals surface area contributed by atoms with Gasteiger partial charge in [-0.05, 0) is 50.7 Å². The SMILES string of the molecule is COCc1nc(-c2ccc(Br)cn2)nc(N)c1I. The summed E-state index contributed by atoms with van der Waals surface area (Å²) in [5.74, 6) is 0.949. The molecule has 5 nitrogen and oxygen atoms in total. The van der Waals surface area contributed by atoms with E-state index in [1.54, 1.807) is 13.3 Å². The number of halogens is 2. The van der Waals surface area contributed by atoms with E-state index in [4.69, 9.17) is 10.5 Å². The first-order valence-corrected chi connectivity index (χ1v) is 6.91. The molecule has 0 fully saturated rings. The Balaban J connectivity index is 2.48. The first-order chi connectivity index (χ1) is 8.61. The highest BCUT2D eigenvalue weighted by atomic mass is 127. The third-order valence-electron chi connectivity index (χ3n) is 2.18. The quantitative estimate of drug-likeness (QED) is 0.772. The molecule has 0 saturated heterocycles. The van der Waals surface area contributed by atoms with E-state index in [2.05, 4.69) is 53.5 Å². The summed E-state index contributed by atoms with van der Waals surface area (Å²) in [5.41, 5.74) is 7.32. The Labute approximate surface area is 126 Å². The van der Waals surface area contributed by atoms with Crippen molar-refractivity contribution in [2.45, 2.75) is 6.61 Å². The van der Waals surface area contributed by atoms with Gasteiger partial charge in [-0.25, -0.2) is 9.97 Å². The zero-order valence-electron chi connectivity index (χ0n) is 9.52. The molecule has 2 aromatic rings. The predicted molar refractivity (Wildman–Crippen MR) is 80.8 cm³/mol. The average Bonchev–Trinajstić information content (AvgIpc) is 2.36. The monoisotopic (exact) mass is 420 g/mol. The lowest BCUT2D eigenvalue weighted by Crippen LogP contribution is -2.06. The van der Waals surface area contributed by atoms with Crippen molar-refractivity contribution in [1.29, 1.82) is 0 Å². The van der Waals surface area contributed by atoms with E-state index in [9.17, 15) is 0 Å². The van der Waals surface area contributed by atoms with Crippen LogP contribution in [-0.2, 0) is 11.3 Å². The fourth-order valence-corrected chi connectivity index (χ4v) is 2.00. The molecule has 0 aliphatic carbocycles.